The molecule has 2 aromatic rings. The van der Waals surface area contributed by atoms with Gasteiger partial charge in [-0.15, -0.1) is 0 Å². The monoisotopic (exact) mass is 411 g/mol. The number of hydrogen-bond acceptors (Lipinski definition) is 5. The minimum Gasteiger partial charge on any atom is -0.493 e. The lowest BCUT2D eigenvalue weighted by atomic mass is 10.2. The molecule has 8 heteroatoms. The van der Waals surface area contributed by atoms with Crippen molar-refractivity contribution in [1.29, 1.82) is 0 Å². The summed E-state index contributed by atoms with van der Waals surface area (Å²) in [6.45, 7) is 3.54. The van der Waals surface area contributed by atoms with Crippen LogP contribution in [-0.2, 0) is 4.74 Å². The molecular formula is C22H22FN3O4. The molecule has 0 fully saturated rings. The number of ether oxygens (including phenoxy) is 3. The number of fused-ring (bicyclic) bond motifs is 3. The smallest absolute Gasteiger partial charge is 0.435 e. The zero-order valence-electron chi connectivity index (χ0n) is 17.1. The lowest BCUT2D eigenvalue weighted by Gasteiger charge is -2.12. The van der Waals surface area contributed by atoms with E-state index in [1.165, 1.54) is 16.8 Å². The van der Waals surface area contributed by atoms with E-state index in [-0.39, 0.29) is 11.9 Å². The highest BCUT2D eigenvalue weighted by Crippen LogP contribution is 2.44. The van der Waals surface area contributed by atoms with E-state index in [0.29, 0.717) is 28.7 Å². The fraction of sp³-hybridized carbons (Fsp3) is 0.227. The third-order valence-electron chi connectivity index (χ3n) is 4.70. The van der Waals surface area contributed by atoms with E-state index in [4.69, 9.17) is 14.2 Å². The number of anilines is 2. The summed E-state index contributed by atoms with van der Waals surface area (Å²) in [4.78, 5) is 12.7. The highest BCUT2D eigenvalue weighted by Gasteiger charge is 2.26. The van der Waals surface area contributed by atoms with Crippen LogP contribution >= 0.6 is 0 Å². The van der Waals surface area contributed by atoms with Gasteiger partial charge in [0.15, 0.2) is 11.5 Å². The topological polar surface area (TPSA) is 77.5 Å². The zero-order chi connectivity index (χ0) is 21.4. The number of methoxy groups -OCH3 is 2. The molecule has 2 N–H and O–H groups in total. The molecule has 2 aromatic carbocycles. The maximum Gasteiger partial charge on any atom is 0.435 e. The summed E-state index contributed by atoms with van der Waals surface area (Å²) in [5, 5.41) is 7.99. The predicted molar refractivity (Wildman–Crippen MR) is 113 cm³/mol. The summed E-state index contributed by atoms with van der Waals surface area (Å²) in [5.74, 6) is 1.23. The molecule has 0 radical (unpaired) electrons. The lowest BCUT2D eigenvalue weighted by molar-refractivity contribution is 0.114. The van der Waals surface area contributed by atoms with Crippen LogP contribution in [0.5, 0.6) is 11.5 Å². The zero-order valence-corrected chi connectivity index (χ0v) is 17.1. The summed E-state index contributed by atoms with van der Waals surface area (Å²) >= 11 is 0. The summed E-state index contributed by atoms with van der Waals surface area (Å²) < 4.78 is 31.2. The second-order valence-electron chi connectivity index (χ2n) is 7.09. The van der Waals surface area contributed by atoms with Crippen molar-refractivity contribution in [3.05, 3.63) is 48.3 Å². The number of rotatable bonds is 5. The Morgan fingerprint density at radius 3 is 2.50 bits per heavy atom. The van der Waals surface area contributed by atoms with Crippen molar-refractivity contribution >= 4 is 28.4 Å². The van der Waals surface area contributed by atoms with Gasteiger partial charge in [-0.25, -0.2) is 9.18 Å². The van der Waals surface area contributed by atoms with Gasteiger partial charge in [0.25, 0.3) is 0 Å². The van der Waals surface area contributed by atoms with Crippen LogP contribution < -0.4 is 14.8 Å². The Bertz CT molecular complexity index is 1190. The molecule has 0 saturated heterocycles. The second kappa shape index (κ2) is 7.62. The predicted octanol–water partition coefficient (Wildman–Crippen LogP) is 5.37. The third kappa shape index (κ3) is 3.41. The number of nitrogens with zero attached hydrogens (tertiary/aromatic N) is 1. The van der Waals surface area contributed by atoms with Gasteiger partial charge >= 0.3 is 6.09 Å². The maximum atomic E-state index is 13.7. The minimum absolute atomic E-state index is 0.300. The number of nitrogens with one attached hydrogen (secondary N) is 2. The first-order chi connectivity index (χ1) is 14.4. The molecule has 0 bridgehead atoms. The highest BCUT2D eigenvalue weighted by atomic mass is 19.1. The fourth-order valence-electron chi connectivity index (χ4n) is 3.42. The normalized spacial score (nSPS) is 11.3. The van der Waals surface area contributed by atoms with Crippen molar-refractivity contribution in [2.24, 2.45) is 0 Å². The van der Waals surface area contributed by atoms with Gasteiger partial charge in [0, 0.05) is 16.6 Å². The van der Waals surface area contributed by atoms with E-state index >= 15 is 0 Å². The molecule has 0 unspecified atom stereocenters. The first-order valence-electron chi connectivity index (χ1n) is 9.44. The molecule has 7 nitrogen and oxygen atoms in total. The molecule has 0 spiro atoms. The van der Waals surface area contributed by atoms with Crippen molar-refractivity contribution in [2.45, 2.75) is 20.0 Å². The van der Waals surface area contributed by atoms with Crippen LogP contribution in [0.25, 0.3) is 22.0 Å². The van der Waals surface area contributed by atoms with E-state index in [0.717, 1.165) is 16.3 Å². The Labute approximate surface area is 172 Å². The van der Waals surface area contributed by atoms with E-state index in [2.05, 4.69) is 10.4 Å². The molecule has 0 saturated carbocycles. The molecule has 0 aromatic heterocycles. The SMILES string of the molecule is COc1cc2cc3c(Nc4cccc(F)c4)n(C(=O)OC(C)C)[nH]c-3c2cc1OC. The van der Waals surface area contributed by atoms with Gasteiger partial charge in [-0.1, -0.05) is 6.07 Å². The number of halogens is 1. The summed E-state index contributed by atoms with van der Waals surface area (Å²) in [7, 11) is 3.14. The summed E-state index contributed by atoms with van der Waals surface area (Å²) in [6.07, 6.45) is -0.875. The van der Waals surface area contributed by atoms with Crippen LogP contribution in [0.2, 0.25) is 0 Å². The number of carbonyl (C=O) groups is 1. The molecule has 4 rings (SSSR count). The van der Waals surface area contributed by atoms with Gasteiger partial charge in [-0.3, -0.25) is 5.10 Å². The molecule has 1 heterocycles. The van der Waals surface area contributed by atoms with Crippen molar-refractivity contribution in [2.75, 3.05) is 19.5 Å². The number of H-pyrrole nitrogens is 1. The second-order valence-corrected chi connectivity index (χ2v) is 7.09. The number of benzene rings is 2. The average molecular weight is 411 g/mol. The first kappa shape index (κ1) is 19.6. The molecule has 156 valence electrons. The summed E-state index contributed by atoms with van der Waals surface area (Å²) in [6, 6.07) is 11.6. The van der Waals surface area contributed by atoms with Crippen molar-refractivity contribution in [3.63, 3.8) is 0 Å². The Hall–Kier alpha value is -3.68. The van der Waals surface area contributed by atoms with Gasteiger partial charge in [0.2, 0.25) is 0 Å². The number of aromatic nitrogens is 2. The Morgan fingerprint density at radius 1 is 1.10 bits per heavy atom. The van der Waals surface area contributed by atoms with Crippen LogP contribution in [0, 0.1) is 5.82 Å². The van der Waals surface area contributed by atoms with Gasteiger partial charge in [0.1, 0.15) is 11.6 Å². The standard InChI is InChI=1S/C22H22FN3O4/c1-12(2)30-22(27)26-21(24-15-7-5-6-14(23)10-15)17-8-13-9-18(28-3)19(29-4)11-16(13)20(17)25-26/h5-12,24-25H,1-4H3. The van der Waals surface area contributed by atoms with Crippen LogP contribution in [0.1, 0.15) is 13.8 Å². The van der Waals surface area contributed by atoms with Gasteiger partial charge in [0.05, 0.1) is 26.0 Å². The Morgan fingerprint density at radius 2 is 1.83 bits per heavy atom. The number of hydrogen-bond donors (Lipinski definition) is 2. The Kier molecular flexibility index (Phi) is 4.99. The van der Waals surface area contributed by atoms with Crippen molar-refractivity contribution in [1.82, 2.24) is 9.78 Å². The molecule has 0 amide bonds. The van der Waals surface area contributed by atoms with E-state index in [9.17, 15) is 9.18 Å². The molecule has 1 aliphatic heterocycles. The highest BCUT2D eigenvalue weighted by molar-refractivity contribution is 6.06. The first-order valence-corrected chi connectivity index (χ1v) is 9.44. The number of carbonyl (C=O) groups excluding carboxylic acids is 1. The minimum atomic E-state index is -0.575. The maximum absolute atomic E-state index is 13.7. The average Bonchev–Trinajstić information content (AvgIpc) is 3.22. The van der Waals surface area contributed by atoms with Crippen LogP contribution in [0.4, 0.5) is 20.7 Å². The lowest BCUT2D eigenvalue weighted by Crippen LogP contribution is -2.20. The van der Waals surface area contributed by atoms with Gasteiger partial charge in [-0.05, 0) is 55.6 Å². The van der Waals surface area contributed by atoms with E-state index in [1.807, 2.05) is 18.2 Å². The number of aromatic amines is 1. The summed E-state index contributed by atoms with van der Waals surface area (Å²) in [5.41, 5.74) is 1.96. The van der Waals surface area contributed by atoms with Crippen molar-refractivity contribution < 1.29 is 23.4 Å². The van der Waals surface area contributed by atoms with Crippen LogP contribution in [0.3, 0.4) is 0 Å². The van der Waals surface area contributed by atoms with Gasteiger partial charge in [-0.2, -0.15) is 4.68 Å². The van der Waals surface area contributed by atoms with Crippen molar-refractivity contribution in [3.8, 4) is 22.8 Å². The fourth-order valence-corrected chi connectivity index (χ4v) is 3.42. The largest absolute Gasteiger partial charge is 0.493 e. The quantitative estimate of drug-likeness (QED) is 0.462. The van der Waals surface area contributed by atoms with Crippen LogP contribution in [-0.4, -0.2) is 36.2 Å². The van der Waals surface area contributed by atoms with E-state index < -0.39 is 6.09 Å². The van der Waals surface area contributed by atoms with Crippen LogP contribution in [0.15, 0.2) is 42.5 Å². The van der Waals surface area contributed by atoms with E-state index in [1.54, 1.807) is 40.2 Å². The molecular weight excluding hydrogens is 389 g/mol. The Balaban J connectivity index is 1.90. The van der Waals surface area contributed by atoms with Gasteiger partial charge < -0.3 is 19.5 Å². The molecule has 30 heavy (non-hydrogen) atoms. The molecule has 2 aliphatic rings. The molecule has 0 atom stereocenters. The third-order valence-corrected chi connectivity index (χ3v) is 4.70. The molecule has 1 aliphatic carbocycles.